The van der Waals surface area contributed by atoms with Gasteiger partial charge in [-0.1, -0.05) is 12.8 Å². The third-order valence-corrected chi connectivity index (χ3v) is 4.68. The first-order chi connectivity index (χ1) is 12.2. The summed E-state index contributed by atoms with van der Waals surface area (Å²) in [6.07, 6.45) is 6.49. The topological polar surface area (TPSA) is 88.5 Å². The van der Waals surface area contributed by atoms with Gasteiger partial charge in [-0.15, -0.1) is 5.10 Å². The number of anilines is 1. The monoisotopic (exact) mass is 336 g/mol. The number of hydrogen-bond acceptors (Lipinski definition) is 4. The van der Waals surface area contributed by atoms with Gasteiger partial charge in [-0.25, -0.2) is 4.68 Å². The number of aromatic amines is 1. The van der Waals surface area contributed by atoms with Crippen LogP contribution < -0.4 is 5.32 Å². The third kappa shape index (κ3) is 3.17. The summed E-state index contributed by atoms with van der Waals surface area (Å²) >= 11 is 0. The molecule has 0 unspecified atom stereocenters. The van der Waals surface area contributed by atoms with E-state index in [2.05, 4.69) is 25.6 Å². The van der Waals surface area contributed by atoms with Crippen LogP contribution in [0.3, 0.4) is 0 Å². The molecule has 0 spiro atoms. The first-order valence-electron chi connectivity index (χ1n) is 8.55. The van der Waals surface area contributed by atoms with Gasteiger partial charge in [-0.3, -0.25) is 15.2 Å². The molecule has 2 N–H and O–H groups in total. The molecule has 25 heavy (non-hydrogen) atoms. The lowest BCUT2D eigenvalue weighted by molar-refractivity contribution is 0.102. The molecule has 1 amide bonds. The van der Waals surface area contributed by atoms with Gasteiger partial charge >= 0.3 is 0 Å². The second-order valence-corrected chi connectivity index (χ2v) is 6.41. The average molecular weight is 336 g/mol. The van der Waals surface area contributed by atoms with Crippen molar-refractivity contribution >= 4 is 11.9 Å². The Bertz CT molecular complexity index is 873. The fourth-order valence-electron chi connectivity index (χ4n) is 3.28. The minimum Gasteiger partial charge on any atom is -0.289 e. The molecule has 2 aromatic heterocycles. The number of carbonyl (C=O) groups excluding carboxylic acids is 1. The Balaban J connectivity index is 1.45. The largest absolute Gasteiger partial charge is 0.289 e. The molecule has 7 heteroatoms. The van der Waals surface area contributed by atoms with Crippen LogP contribution in [0.2, 0.25) is 0 Å². The summed E-state index contributed by atoms with van der Waals surface area (Å²) in [5.74, 6) is 1.42. The summed E-state index contributed by atoms with van der Waals surface area (Å²) in [7, 11) is 0. The van der Waals surface area contributed by atoms with Crippen molar-refractivity contribution in [2.24, 2.45) is 0 Å². The zero-order chi connectivity index (χ0) is 17.2. The van der Waals surface area contributed by atoms with Gasteiger partial charge in [0.25, 0.3) is 5.91 Å². The van der Waals surface area contributed by atoms with E-state index in [-0.39, 0.29) is 5.91 Å². The van der Waals surface area contributed by atoms with Crippen LogP contribution in [0.15, 0.2) is 36.5 Å². The highest BCUT2D eigenvalue weighted by molar-refractivity contribution is 6.03. The number of carbonyl (C=O) groups is 1. The molecule has 0 saturated heterocycles. The highest BCUT2D eigenvalue weighted by Crippen LogP contribution is 2.32. The quantitative estimate of drug-likeness (QED) is 0.766. The smallest absolute Gasteiger partial charge is 0.258 e. The maximum atomic E-state index is 12.4. The lowest BCUT2D eigenvalue weighted by Crippen LogP contribution is -2.13. The number of nitrogens with one attached hydrogen (secondary N) is 2. The van der Waals surface area contributed by atoms with Crippen LogP contribution in [0.1, 0.15) is 53.5 Å². The fourth-order valence-corrected chi connectivity index (χ4v) is 3.28. The van der Waals surface area contributed by atoms with Crippen LogP contribution in [-0.2, 0) is 0 Å². The Hall–Kier alpha value is -2.96. The van der Waals surface area contributed by atoms with Gasteiger partial charge in [0.05, 0.1) is 5.69 Å². The minimum atomic E-state index is -0.222. The Morgan fingerprint density at radius 1 is 1.20 bits per heavy atom. The molecule has 7 nitrogen and oxygen atoms in total. The second kappa shape index (κ2) is 6.51. The first kappa shape index (κ1) is 15.6. The van der Waals surface area contributed by atoms with E-state index in [9.17, 15) is 4.79 Å². The summed E-state index contributed by atoms with van der Waals surface area (Å²) in [6, 6.07) is 9.23. The van der Waals surface area contributed by atoms with Crippen molar-refractivity contribution in [1.82, 2.24) is 25.0 Å². The first-order valence-corrected chi connectivity index (χ1v) is 8.55. The number of amides is 1. The van der Waals surface area contributed by atoms with Gasteiger partial charge in [0.15, 0.2) is 0 Å². The van der Waals surface area contributed by atoms with Crippen molar-refractivity contribution in [3.8, 4) is 5.69 Å². The number of aryl methyl sites for hydroxylation is 1. The van der Waals surface area contributed by atoms with Gasteiger partial charge in [-0.2, -0.15) is 10.1 Å². The summed E-state index contributed by atoms with van der Waals surface area (Å²) in [4.78, 5) is 16.8. The van der Waals surface area contributed by atoms with Crippen molar-refractivity contribution in [3.05, 3.63) is 53.6 Å². The van der Waals surface area contributed by atoms with Crippen molar-refractivity contribution in [2.75, 3.05) is 5.32 Å². The minimum absolute atomic E-state index is 0.222. The normalized spacial score (nSPS) is 14.8. The van der Waals surface area contributed by atoms with Crippen molar-refractivity contribution in [2.45, 2.75) is 38.5 Å². The van der Waals surface area contributed by atoms with Crippen LogP contribution in [-0.4, -0.2) is 30.9 Å². The number of H-pyrrole nitrogens is 1. The zero-order valence-corrected chi connectivity index (χ0v) is 14.1. The van der Waals surface area contributed by atoms with E-state index in [4.69, 9.17) is 0 Å². The van der Waals surface area contributed by atoms with Gasteiger partial charge < -0.3 is 0 Å². The predicted octanol–water partition coefficient (Wildman–Crippen LogP) is 3.21. The molecule has 4 rings (SSSR count). The van der Waals surface area contributed by atoms with Gasteiger partial charge in [0.2, 0.25) is 5.95 Å². The molecule has 2 heterocycles. The predicted molar refractivity (Wildman–Crippen MR) is 93.8 cm³/mol. The molecule has 0 bridgehead atoms. The number of benzene rings is 1. The van der Waals surface area contributed by atoms with E-state index in [1.807, 2.05) is 29.8 Å². The molecule has 1 aliphatic carbocycles. The van der Waals surface area contributed by atoms with Gasteiger partial charge in [0, 0.05) is 23.4 Å². The van der Waals surface area contributed by atoms with E-state index in [1.165, 1.54) is 12.8 Å². The summed E-state index contributed by atoms with van der Waals surface area (Å²) in [5, 5.41) is 14.1. The Morgan fingerprint density at radius 2 is 1.96 bits per heavy atom. The molecule has 0 aliphatic heterocycles. The standard InChI is InChI=1S/C18H20N6O/c1-12-10-11-19-24(12)15-8-6-14(7-9-15)17(25)21-18-20-16(22-23-18)13-4-2-3-5-13/h6-11,13H,2-5H2,1H3,(H2,20,21,22,23,25). The molecule has 1 fully saturated rings. The fraction of sp³-hybridized carbons (Fsp3) is 0.333. The molecule has 0 atom stereocenters. The number of hydrogen-bond donors (Lipinski definition) is 2. The number of aromatic nitrogens is 5. The maximum Gasteiger partial charge on any atom is 0.258 e. The van der Waals surface area contributed by atoms with Crippen LogP contribution in [0.5, 0.6) is 0 Å². The van der Waals surface area contributed by atoms with E-state index in [0.717, 1.165) is 30.0 Å². The van der Waals surface area contributed by atoms with Crippen LogP contribution in [0, 0.1) is 6.92 Å². The zero-order valence-electron chi connectivity index (χ0n) is 14.1. The molecule has 3 aromatic rings. The Labute approximate surface area is 145 Å². The van der Waals surface area contributed by atoms with Gasteiger partial charge in [-0.05, 0) is 50.1 Å². The van der Waals surface area contributed by atoms with E-state index in [1.54, 1.807) is 18.3 Å². The second-order valence-electron chi connectivity index (χ2n) is 6.41. The SMILES string of the molecule is Cc1ccnn1-c1ccc(C(=O)Nc2n[nH]c(C3CCCC3)n2)cc1. The Kier molecular flexibility index (Phi) is 4.05. The molecule has 1 aromatic carbocycles. The lowest BCUT2D eigenvalue weighted by atomic mass is 10.1. The molecule has 0 radical (unpaired) electrons. The third-order valence-electron chi connectivity index (χ3n) is 4.68. The lowest BCUT2D eigenvalue weighted by Gasteiger charge is -2.06. The average Bonchev–Trinajstić information content (AvgIpc) is 3.36. The Morgan fingerprint density at radius 3 is 2.64 bits per heavy atom. The van der Waals surface area contributed by atoms with Crippen LogP contribution >= 0.6 is 0 Å². The summed E-state index contributed by atoms with van der Waals surface area (Å²) in [6.45, 7) is 1.98. The molecule has 1 saturated carbocycles. The summed E-state index contributed by atoms with van der Waals surface area (Å²) in [5.41, 5.74) is 2.51. The highest BCUT2D eigenvalue weighted by atomic mass is 16.1. The highest BCUT2D eigenvalue weighted by Gasteiger charge is 2.21. The van der Waals surface area contributed by atoms with E-state index in [0.29, 0.717) is 17.4 Å². The summed E-state index contributed by atoms with van der Waals surface area (Å²) < 4.78 is 1.82. The number of rotatable bonds is 4. The van der Waals surface area contributed by atoms with E-state index < -0.39 is 0 Å². The van der Waals surface area contributed by atoms with Crippen molar-refractivity contribution < 1.29 is 4.79 Å². The van der Waals surface area contributed by atoms with E-state index >= 15 is 0 Å². The van der Waals surface area contributed by atoms with Crippen molar-refractivity contribution in [3.63, 3.8) is 0 Å². The van der Waals surface area contributed by atoms with Crippen molar-refractivity contribution in [1.29, 1.82) is 0 Å². The van der Waals surface area contributed by atoms with Crippen LogP contribution in [0.25, 0.3) is 5.69 Å². The van der Waals surface area contributed by atoms with Gasteiger partial charge in [0.1, 0.15) is 5.82 Å². The van der Waals surface area contributed by atoms with Crippen LogP contribution in [0.4, 0.5) is 5.95 Å². The molecule has 128 valence electrons. The molecule has 1 aliphatic rings. The number of nitrogens with zero attached hydrogens (tertiary/aromatic N) is 4. The molecular weight excluding hydrogens is 316 g/mol. The molecular formula is C18H20N6O. The maximum absolute atomic E-state index is 12.4.